The van der Waals surface area contributed by atoms with Crippen LogP contribution >= 0.6 is 11.8 Å². The number of pyridine rings is 1. The Kier molecular flexibility index (Phi) is 4.82. The molecule has 2 aromatic rings. The van der Waals surface area contributed by atoms with E-state index in [4.69, 9.17) is 15.2 Å². The van der Waals surface area contributed by atoms with Crippen molar-refractivity contribution in [3.8, 4) is 5.88 Å². The number of fused-ring (bicyclic) bond motifs is 1. The lowest BCUT2D eigenvalue weighted by Gasteiger charge is -2.46. The second-order valence-electron chi connectivity index (χ2n) is 6.51. The average molecular weight is 373 g/mol. The number of rotatable bonds is 4. The van der Waals surface area contributed by atoms with Gasteiger partial charge in [-0.15, -0.1) is 0 Å². The van der Waals surface area contributed by atoms with Gasteiger partial charge >= 0.3 is 0 Å². The van der Waals surface area contributed by atoms with Crippen molar-refractivity contribution < 1.29 is 13.9 Å². The van der Waals surface area contributed by atoms with E-state index >= 15 is 0 Å². The maximum atomic E-state index is 14.5. The molecule has 0 aliphatic carbocycles. The van der Waals surface area contributed by atoms with Crippen LogP contribution in [0.4, 0.5) is 4.39 Å². The molecule has 26 heavy (non-hydrogen) atoms. The Hall–Kier alpha value is -2.12. The maximum absolute atomic E-state index is 14.5. The number of benzene rings is 1. The summed E-state index contributed by atoms with van der Waals surface area (Å²) in [5.41, 5.74) is 5.78. The molecule has 0 radical (unpaired) electrons. The Morgan fingerprint density at radius 2 is 2.12 bits per heavy atom. The second-order valence-corrected chi connectivity index (χ2v) is 7.55. The van der Waals surface area contributed by atoms with Crippen molar-refractivity contribution in [3.63, 3.8) is 0 Å². The predicted molar refractivity (Wildman–Crippen MR) is 99.7 cm³/mol. The topological polar surface area (TPSA) is 69.7 Å². The van der Waals surface area contributed by atoms with Gasteiger partial charge in [-0.3, -0.25) is 0 Å². The van der Waals surface area contributed by atoms with Crippen LogP contribution in [0.15, 0.2) is 53.7 Å². The summed E-state index contributed by atoms with van der Waals surface area (Å²) in [7, 11) is 0. The zero-order valence-electron chi connectivity index (χ0n) is 14.2. The van der Waals surface area contributed by atoms with Crippen LogP contribution in [0.5, 0.6) is 5.88 Å². The van der Waals surface area contributed by atoms with E-state index in [0.717, 1.165) is 12.2 Å². The second kappa shape index (κ2) is 7.25. The summed E-state index contributed by atoms with van der Waals surface area (Å²) in [4.78, 5) is 8.82. The highest BCUT2D eigenvalue weighted by atomic mass is 32.2. The highest BCUT2D eigenvalue weighted by Gasteiger charge is 2.49. The fourth-order valence-electron chi connectivity index (χ4n) is 3.58. The summed E-state index contributed by atoms with van der Waals surface area (Å²) in [5.74, 6) is 1.21. The number of ether oxygens (including phenoxy) is 2. The molecule has 0 bridgehead atoms. The van der Waals surface area contributed by atoms with Crippen LogP contribution in [0.2, 0.25) is 0 Å². The first-order valence-corrected chi connectivity index (χ1v) is 9.54. The van der Waals surface area contributed by atoms with Gasteiger partial charge < -0.3 is 15.2 Å². The molecule has 1 aromatic carbocycles. The molecule has 2 N–H and O–H groups in total. The van der Waals surface area contributed by atoms with Gasteiger partial charge in [-0.2, -0.15) is 0 Å². The van der Waals surface area contributed by atoms with Gasteiger partial charge in [-0.05, 0) is 18.6 Å². The van der Waals surface area contributed by atoms with Crippen molar-refractivity contribution in [3.05, 3.63) is 60.0 Å². The van der Waals surface area contributed by atoms with E-state index < -0.39 is 5.54 Å². The smallest absolute Gasteiger partial charge is 0.213 e. The summed E-state index contributed by atoms with van der Waals surface area (Å²) >= 11 is 1.52. The van der Waals surface area contributed by atoms with Gasteiger partial charge in [0.2, 0.25) is 5.88 Å². The molecule has 2 aliphatic rings. The highest BCUT2D eigenvalue weighted by Crippen LogP contribution is 2.46. The zero-order chi connectivity index (χ0) is 18.0. The molecule has 1 aromatic heterocycles. The van der Waals surface area contributed by atoms with E-state index in [1.165, 1.54) is 17.8 Å². The molecular weight excluding hydrogens is 353 g/mol. The van der Waals surface area contributed by atoms with Crippen molar-refractivity contribution in [2.45, 2.75) is 18.1 Å². The monoisotopic (exact) mass is 373 g/mol. The maximum Gasteiger partial charge on any atom is 0.213 e. The van der Waals surface area contributed by atoms with E-state index in [0.29, 0.717) is 23.2 Å². The summed E-state index contributed by atoms with van der Waals surface area (Å²) in [5, 5.41) is 0.483. The lowest BCUT2D eigenvalue weighted by Crippen LogP contribution is -2.51. The third kappa shape index (κ3) is 3.29. The number of thioether (sulfide) groups is 1. The van der Waals surface area contributed by atoms with E-state index in [9.17, 15) is 4.39 Å². The Bertz CT molecular complexity index is 804. The highest BCUT2D eigenvalue weighted by molar-refractivity contribution is 8.13. The normalized spacial score (nSPS) is 28.1. The van der Waals surface area contributed by atoms with Crippen LogP contribution in [-0.2, 0) is 10.3 Å². The molecule has 0 amide bonds. The average Bonchev–Trinajstić information content (AvgIpc) is 2.67. The molecule has 3 heterocycles. The lowest BCUT2D eigenvalue weighted by atomic mass is 9.75. The number of amidine groups is 1. The molecule has 5 nitrogen and oxygen atoms in total. The fraction of sp³-hybridized carbons (Fsp3) is 0.368. The Morgan fingerprint density at radius 3 is 2.92 bits per heavy atom. The van der Waals surface area contributed by atoms with Crippen molar-refractivity contribution in [1.82, 2.24) is 4.98 Å². The Morgan fingerprint density at radius 1 is 1.27 bits per heavy atom. The van der Waals surface area contributed by atoms with E-state index in [-0.39, 0.29) is 24.4 Å². The third-order valence-corrected chi connectivity index (χ3v) is 5.86. The van der Waals surface area contributed by atoms with Gasteiger partial charge in [0.25, 0.3) is 0 Å². The minimum Gasteiger partial charge on any atom is -0.475 e. The minimum atomic E-state index is -0.762. The molecule has 3 unspecified atom stereocenters. The van der Waals surface area contributed by atoms with Crippen molar-refractivity contribution >= 4 is 16.9 Å². The van der Waals surface area contributed by atoms with Crippen molar-refractivity contribution in [1.29, 1.82) is 0 Å². The zero-order valence-corrected chi connectivity index (χ0v) is 15.0. The quantitative estimate of drug-likeness (QED) is 0.892. The minimum absolute atomic E-state index is 0.0861. The first kappa shape index (κ1) is 17.3. The van der Waals surface area contributed by atoms with Gasteiger partial charge in [0.15, 0.2) is 5.17 Å². The standard InChI is InChI=1S/C19H20FN3O2S/c20-16-6-2-1-5-15(16)19-12-25-14(9-13(19)11-26-18(21)23-19)10-24-17-7-3-4-8-22-17/h1-8,13-14H,9-12H2,(H2,21,23). The largest absolute Gasteiger partial charge is 0.475 e. The van der Waals surface area contributed by atoms with Crippen molar-refractivity contribution in [2.75, 3.05) is 19.0 Å². The summed E-state index contributed by atoms with van der Waals surface area (Å²) in [6.07, 6.45) is 2.33. The van der Waals surface area contributed by atoms with Gasteiger partial charge in [-0.25, -0.2) is 14.4 Å². The summed E-state index contributed by atoms with van der Waals surface area (Å²) < 4.78 is 26.3. The number of halogens is 1. The molecule has 0 spiro atoms. The van der Waals surface area contributed by atoms with Gasteiger partial charge in [0.05, 0.1) is 12.7 Å². The number of nitrogens with zero attached hydrogens (tertiary/aromatic N) is 2. The van der Waals surface area contributed by atoms with Crippen LogP contribution in [0.25, 0.3) is 0 Å². The predicted octanol–water partition coefficient (Wildman–Crippen LogP) is 2.96. The van der Waals surface area contributed by atoms with Gasteiger partial charge in [0, 0.05) is 29.5 Å². The number of aromatic nitrogens is 1. The first-order chi connectivity index (χ1) is 12.7. The molecule has 1 saturated heterocycles. The Balaban J connectivity index is 1.54. The van der Waals surface area contributed by atoms with Crippen LogP contribution in [0, 0.1) is 11.7 Å². The van der Waals surface area contributed by atoms with Crippen LogP contribution < -0.4 is 10.5 Å². The van der Waals surface area contributed by atoms with Crippen LogP contribution in [0.1, 0.15) is 12.0 Å². The molecule has 4 rings (SSSR count). The van der Waals surface area contributed by atoms with E-state index in [1.807, 2.05) is 24.3 Å². The lowest BCUT2D eigenvalue weighted by molar-refractivity contribution is -0.0735. The van der Waals surface area contributed by atoms with E-state index in [2.05, 4.69) is 9.98 Å². The molecule has 3 atom stereocenters. The molecule has 2 aliphatic heterocycles. The molecule has 136 valence electrons. The number of aliphatic imine (C=N–C) groups is 1. The van der Waals surface area contributed by atoms with Crippen LogP contribution in [0.3, 0.4) is 0 Å². The first-order valence-electron chi connectivity index (χ1n) is 8.56. The summed E-state index contributed by atoms with van der Waals surface area (Å²) in [6.45, 7) is 0.695. The van der Waals surface area contributed by atoms with E-state index in [1.54, 1.807) is 18.3 Å². The Labute approximate surface area is 155 Å². The fourth-order valence-corrected chi connectivity index (χ4v) is 4.60. The number of hydrogen-bond donors (Lipinski definition) is 1. The van der Waals surface area contributed by atoms with Crippen LogP contribution in [-0.4, -0.2) is 35.2 Å². The summed E-state index contributed by atoms with van der Waals surface area (Å²) in [6, 6.07) is 12.3. The molecule has 7 heteroatoms. The number of hydrogen-bond acceptors (Lipinski definition) is 6. The van der Waals surface area contributed by atoms with Crippen molar-refractivity contribution in [2.24, 2.45) is 16.6 Å². The van der Waals surface area contributed by atoms with Gasteiger partial charge in [-0.1, -0.05) is 36.0 Å². The molecule has 0 saturated carbocycles. The SMILES string of the molecule is NC1=NC2(c3ccccc3F)COC(COc3ccccn3)CC2CS1. The molecule has 1 fully saturated rings. The third-order valence-electron chi connectivity index (χ3n) is 4.90. The molecular formula is C19H20FN3O2S. The van der Waals surface area contributed by atoms with Gasteiger partial charge in [0.1, 0.15) is 18.0 Å². The number of nitrogens with two attached hydrogens (primary N) is 1.